The Kier molecular flexibility index (Phi) is 4.67. The molecule has 0 saturated heterocycles. The van der Waals surface area contributed by atoms with Crippen molar-refractivity contribution in [2.75, 3.05) is 7.05 Å². The molecule has 0 amide bonds. The minimum Gasteiger partial charge on any atom is -0.334 e. The third kappa shape index (κ3) is 3.66. The van der Waals surface area contributed by atoms with Crippen molar-refractivity contribution in [1.29, 1.82) is 5.41 Å². The van der Waals surface area contributed by atoms with Gasteiger partial charge in [-0.1, -0.05) is 67.2 Å². The van der Waals surface area contributed by atoms with Crippen LogP contribution in [0, 0.1) is 5.41 Å². The number of amidine groups is 2. The third-order valence-corrected chi connectivity index (χ3v) is 3.19. The Morgan fingerprint density at radius 1 is 0.952 bits per heavy atom. The van der Waals surface area contributed by atoms with Gasteiger partial charge in [0.25, 0.3) is 0 Å². The molecule has 2 aromatic rings. The third-order valence-electron chi connectivity index (χ3n) is 3.19. The van der Waals surface area contributed by atoms with Gasteiger partial charge in [-0.2, -0.15) is 0 Å². The molecule has 0 aliphatic heterocycles. The van der Waals surface area contributed by atoms with Gasteiger partial charge in [-0.05, 0) is 6.92 Å². The summed E-state index contributed by atoms with van der Waals surface area (Å²) >= 11 is 0. The Labute approximate surface area is 125 Å². The van der Waals surface area contributed by atoms with E-state index in [9.17, 15) is 0 Å². The van der Waals surface area contributed by atoms with Gasteiger partial charge in [0.2, 0.25) is 0 Å². The Balaban J connectivity index is 2.43. The van der Waals surface area contributed by atoms with Crippen LogP contribution in [0.15, 0.2) is 77.9 Å². The van der Waals surface area contributed by atoms with Gasteiger partial charge < -0.3 is 4.90 Å². The van der Waals surface area contributed by atoms with Gasteiger partial charge in [-0.3, -0.25) is 5.41 Å². The summed E-state index contributed by atoms with van der Waals surface area (Å²) in [6, 6.07) is 19.4. The van der Waals surface area contributed by atoms with Crippen LogP contribution >= 0.6 is 0 Å². The summed E-state index contributed by atoms with van der Waals surface area (Å²) in [5, 5.41) is 8.20. The highest BCUT2D eigenvalue weighted by Gasteiger charge is 2.11. The van der Waals surface area contributed by atoms with E-state index in [0.29, 0.717) is 0 Å². The van der Waals surface area contributed by atoms with Crippen molar-refractivity contribution in [1.82, 2.24) is 4.90 Å². The zero-order chi connectivity index (χ0) is 15.2. The van der Waals surface area contributed by atoms with Crippen LogP contribution in [0.5, 0.6) is 0 Å². The molecule has 0 radical (unpaired) electrons. The quantitative estimate of drug-likeness (QED) is 0.670. The van der Waals surface area contributed by atoms with Gasteiger partial charge in [0.1, 0.15) is 5.84 Å². The van der Waals surface area contributed by atoms with E-state index in [1.807, 2.05) is 79.5 Å². The fourth-order valence-electron chi connectivity index (χ4n) is 1.87. The van der Waals surface area contributed by atoms with Gasteiger partial charge in [0.05, 0.1) is 0 Å². The highest BCUT2D eigenvalue weighted by Crippen LogP contribution is 2.11. The largest absolute Gasteiger partial charge is 0.334 e. The van der Waals surface area contributed by atoms with Gasteiger partial charge in [0, 0.05) is 23.9 Å². The average Bonchev–Trinajstić information content (AvgIpc) is 2.53. The molecule has 0 aromatic heterocycles. The van der Waals surface area contributed by atoms with Crippen LogP contribution < -0.4 is 0 Å². The molecular weight excluding hydrogens is 258 g/mol. The number of rotatable bonds is 3. The van der Waals surface area contributed by atoms with E-state index in [-0.39, 0.29) is 5.84 Å². The second kappa shape index (κ2) is 6.66. The molecule has 0 aliphatic rings. The molecule has 0 fully saturated rings. The van der Waals surface area contributed by atoms with Crippen molar-refractivity contribution in [3.05, 3.63) is 84.1 Å². The average molecular weight is 277 g/mol. The molecule has 3 heteroatoms. The van der Waals surface area contributed by atoms with Crippen LogP contribution in [0.25, 0.3) is 0 Å². The van der Waals surface area contributed by atoms with Gasteiger partial charge in [0.15, 0.2) is 5.84 Å². The van der Waals surface area contributed by atoms with Gasteiger partial charge in [-0.15, -0.1) is 0 Å². The molecule has 1 N–H and O–H groups in total. The summed E-state index contributed by atoms with van der Waals surface area (Å²) < 4.78 is 0. The van der Waals surface area contributed by atoms with Gasteiger partial charge in [-0.25, -0.2) is 4.99 Å². The molecular formula is C18H19N3. The summed E-state index contributed by atoms with van der Waals surface area (Å²) in [7, 11) is 1.91. The van der Waals surface area contributed by atoms with E-state index < -0.39 is 0 Å². The predicted molar refractivity (Wildman–Crippen MR) is 88.8 cm³/mol. The molecule has 2 aromatic carbocycles. The molecule has 0 saturated carbocycles. The summed E-state index contributed by atoms with van der Waals surface area (Å²) in [6.45, 7) is 5.88. The van der Waals surface area contributed by atoms with Crippen LogP contribution in [-0.4, -0.2) is 23.6 Å². The predicted octanol–water partition coefficient (Wildman–Crippen LogP) is 3.92. The molecule has 0 atom stereocenters. The van der Waals surface area contributed by atoms with E-state index in [2.05, 4.69) is 11.6 Å². The first-order chi connectivity index (χ1) is 10.1. The van der Waals surface area contributed by atoms with Crippen molar-refractivity contribution >= 4 is 11.7 Å². The van der Waals surface area contributed by atoms with E-state index in [1.165, 1.54) is 0 Å². The lowest BCUT2D eigenvalue weighted by atomic mass is 10.1. The van der Waals surface area contributed by atoms with E-state index in [0.717, 1.165) is 22.7 Å². The Morgan fingerprint density at radius 2 is 1.43 bits per heavy atom. The molecule has 0 spiro atoms. The molecule has 2 rings (SSSR count). The van der Waals surface area contributed by atoms with Crippen molar-refractivity contribution in [3.63, 3.8) is 0 Å². The van der Waals surface area contributed by atoms with Crippen LogP contribution in [0.4, 0.5) is 0 Å². The van der Waals surface area contributed by atoms with Crippen LogP contribution in [-0.2, 0) is 0 Å². The molecule has 21 heavy (non-hydrogen) atoms. The Hall–Kier alpha value is -2.68. The number of aliphatic imine (C=N–C) groups is 1. The fourth-order valence-corrected chi connectivity index (χ4v) is 1.87. The summed E-state index contributed by atoms with van der Waals surface area (Å²) in [4.78, 5) is 6.40. The van der Waals surface area contributed by atoms with Crippen LogP contribution in [0.1, 0.15) is 18.1 Å². The highest BCUT2D eigenvalue weighted by molar-refractivity contribution is 6.10. The monoisotopic (exact) mass is 277 g/mol. The number of hydrogen-bond acceptors (Lipinski definition) is 1. The van der Waals surface area contributed by atoms with Crippen molar-refractivity contribution in [2.24, 2.45) is 4.99 Å². The minimum absolute atomic E-state index is 0.238. The molecule has 0 unspecified atom stereocenters. The lowest BCUT2D eigenvalue weighted by Crippen LogP contribution is -2.26. The maximum absolute atomic E-state index is 8.20. The fraction of sp³-hybridized carbons (Fsp3) is 0.111. The topological polar surface area (TPSA) is 39.5 Å². The molecule has 0 heterocycles. The number of hydrogen-bond donors (Lipinski definition) is 1. The van der Waals surface area contributed by atoms with Crippen LogP contribution in [0.2, 0.25) is 0 Å². The standard InChI is InChI=1S/C18H19N3/c1-14(2)21(3)18(16-12-8-5-9-13-16)20-17(19)15-10-6-4-7-11-15/h4-13,19H,1H2,2-3H3. The smallest absolute Gasteiger partial charge is 0.154 e. The summed E-state index contributed by atoms with van der Waals surface area (Å²) in [5.74, 6) is 0.958. The second-order valence-electron chi connectivity index (χ2n) is 4.81. The molecule has 106 valence electrons. The van der Waals surface area contributed by atoms with E-state index in [4.69, 9.17) is 5.41 Å². The summed E-state index contributed by atoms with van der Waals surface area (Å²) in [5.41, 5.74) is 2.63. The number of benzene rings is 2. The number of allylic oxidation sites excluding steroid dienone is 1. The Morgan fingerprint density at radius 3 is 1.90 bits per heavy atom. The zero-order valence-corrected chi connectivity index (χ0v) is 12.4. The highest BCUT2D eigenvalue weighted by atomic mass is 15.2. The normalized spacial score (nSPS) is 11.0. The van der Waals surface area contributed by atoms with Crippen LogP contribution in [0.3, 0.4) is 0 Å². The molecule has 0 bridgehead atoms. The van der Waals surface area contributed by atoms with Gasteiger partial charge >= 0.3 is 0 Å². The first-order valence-corrected chi connectivity index (χ1v) is 6.77. The van der Waals surface area contributed by atoms with E-state index in [1.54, 1.807) is 0 Å². The lowest BCUT2D eigenvalue weighted by Gasteiger charge is -2.21. The van der Waals surface area contributed by atoms with Crippen molar-refractivity contribution in [3.8, 4) is 0 Å². The lowest BCUT2D eigenvalue weighted by molar-refractivity contribution is 0.632. The second-order valence-corrected chi connectivity index (χ2v) is 4.81. The Bertz CT molecular complexity index is 657. The maximum Gasteiger partial charge on any atom is 0.154 e. The number of nitrogens with one attached hydrogen (secondary N) is 1. The zero-order valence-electron chi connectivity index (χ0n) is 12.4. The first-order valence-electron chi connectivity index (χ1n) is 6.77. The van der Waals surface area contributed by atoms with Crippen molar-refractivity contribution < 1.29 is 0 Å². The molecule has 3 nitrogen and oxygen atoms in total. The SMILES string of the molecule is C=C(C)N(C)C(=NC(=N)c1ccccc1)c1ccccc1. The first kappa shape index (κ1) is 14.7. The minimum atomic E-state index is 0.238. The molecule has 0 aliphatic carbocycles. The van der Waals surface area contributed by atoms with E-state index >= 15 is 0 Å². The number of nitrogens with zero attached hydrogens (tertiary/aromatic N) is 2. The summed E-state index contributed by atoms with van der Waals surface area (Å²) in [6.07, 6.45) is 0. The maximum atomic E-state index is 8.20. The van der Waals surface area contributed by atoms with Crippen molar-refractivity contribution in [2.45, 2.75) is 6.92 Å².